The van der Waals surface area contributed by atoms with Crippen molar-refractivity contribution < 1.29 is 0 Å². The van der Waals surface area contributed by atoms with Gasteiger partial charge in [-0.25, -0.2) is 0 Å². The van der Waals surface area contributed by atoms with Crippen LogP contribution in [0.5, 0.6) is 0 Å². The van der Waals surface area contributed by atoms with Crippen molar-refractivity contribution in [2.24, 2.45) is 12.0 Å². The largest absolute Gasteiger partial charge is 0.352 e. The molecule has 2 aliphatic rings. The van der Waals surface area contributed by atoms with E-state index >= 15 is 0 Å². The Balaban J connectivity index is 0.00000208. The monoisotopic (exact) mass is 444 g/mol. The maximum Gasteiger partial charge on any atom is 0.193 e. The molecule has 0 aromatic carbocycles. The third kappa shape index (κ3) is 3.93. The second-order valence-corrected chi connectivity index (χ2v) is 6.49. The predicted molar refractivity (Wildman–Crippen MR) is 109 cm³/mol. The third-order valence-electron chi connectivity index (χ3n) is 5.12. The van der Waals surface area contributed by atoms with Crippen molar-refractivity contribution in [3.8, 4) is 0 Å². The van der Waals surface area contributed by atoms with E-state index in [1.165, 1.54) is 17.7 Å². The molecule has 134 valence electrons. The van der Waals surface area contributed by atoms with Gasteiger partial charge in [-0.05, 0) is 20.3 Å². The highest BCUT2D eigenvalue weighted by atomic mass is 127. The molecule has 3 heterocycles. The summed E-state index contributed by atoms with van der Waals surface area (Å²) in [5, 5.41) is 8.01. The van der Waals surface area contributed by atoms with Gasteiger partial charge in [-0.3, -0.25) is 14.6 Å². The maximum atomic E-state index is 4.49. The van der Waals surface area contributed by atoms with Crippen molar-refractivity contribution in [1.29, 1.82) is 0 Å². The highest BCUT2D eigenvalue weighted by Gasteiger charge is 2.29. The van der Waals surface area contributed by atoms with Gasteiger partial charge in [0, 0.05) is 64.1 Å². The zero-order valence-electron chi connectivity index (χ0n) is 15.1. The molecule has 3 rings (SSSR count). The van der Waals surface area contributed by atoms with Crippen LogP contribution < -0.4 is 5.32 Å². The lowest BCUT2D eigenvalue weighted by atomic mass is 10.2. The first-order valence-electron chi connectivity index (χ1n) is 8.44. The van der Waals surface area contributed by atoms with Crippen molar-refractivity contribution in [2.75, 3.05) is 33.2 Å². The molecule has 7 heteroatoms. The molecule has 1 aromatic rings. The molecular formula is C17H29IN6. The van der Waals surface area contributed by atoms with Crippen LogP contribution in [0.3, 0.4) is 0 Å². The molecule has 0 bridgehead atoms. The number of rotatable bonds is 3. The van der Waals surface area contributed by atoms with Crippen molar-refractivity contribution >= 4 is 29.9 Å². The van der Waals surface area contributed by atoms with Crippen LogP contribution in [0.4, 0.5) is 0 Å². The molecule has 6 nitrogen and oxygen atoms in total. The molecule has 1 fully saturated rings. The summed E-state index contributed by atoms with van der Waals surface area (Å²) in [6.07, 6.45) is 5.75. The SMILES string of the molecule is CN=C(NCc1c(C)nn(C)c1C)N1CCC(N2CC=CC2)C1.I. The Labute approximate surface area is 162 Å². The number of nitrogens with one attached hydrogen (secondary N) is 1. The first kappa shape index (κ1) is 19.2. The standard InChI is InChI=1S/C17H28N6.HI/c1-13-16(14(2)21(4)20-13)11-19-17(18-3)23-10-7-15(12-23)22-8-5-6-9-22;/h5-6,15H,7-12H2,1-4H3,(H,18,19);1H. The summed E-state index contributed by atoms with van der Waals surface area (Å²) in [5.74, 6) is 1.00. The summed E-state index contributed by atoms with van der Waals surface area (Å²) in [4.78, 5) is 9.41. The van der Waals surface area contributed by atoms with Crippen molar-refractivity contribution in [2.45, 2.75) is 32.9 Å². The minimum absolute atomic E-state index is 0. The lowest BCUT2D eigenvalue weighted by molar-refractivity contribution is 0.259. The third-order valence-corrected chi connectivity index (χ3v) is 5.12. The van der Waals surface area contributed by atoms with Gasteiger partial charge in [0.05, 0.1) is 5.69 Å². The van der Waals surface area contributed by atoms with E-state index in [2.05, 4.69) is 51.2 Å². The normalized spacial score (nSPS) is 21.4. The van der Waals surface area contributed by atoms with Crippen LogP contribution in [0.15, 0.2) is 17.1 Å². The van der Waals surface area contributed by atoms with Gasteiger partial charge in [-0.15, -0.1) is 24.0 Å². The molecule has 1 aromatic heterocycles. The molecule has 0 aliphatic carbocycles. The zero-order valence-corrected chi connectivity index (χ0v) is 17.4. The van der Waals surface area contributed by atoms with E-state index in [1.807, 2.05) is 18.8 Å². The van der Waals surface area contributed by atoms with E-state index < -0.39 is 0 Å². The highest BCUT2D eigenvalue weighted by Crippen LogP contribution is 2.18. The Morgan fingerprint density at radius 2 is 2.04 bits per heavy atom. The van der Waals surface area contributed by atoms with E-state index in [0.717, 1.165) is 44.4 Å². The van der Waals surface area contributed by atoms with Gasteiger partial charge in [0.15, 0.2) is 5.96 Å². The van der Waals surface area contributed by atoms with Gasteiger partial charge in [0.1, 0.15) is 0 Å². The number of nitrogens with zero attached hydrogens (tertiary/aromatic N) is 5. The second kappa shape index (κ2) is 8.33. The summed E-state index contributed by atoms with van der Waals surface area (Å²) in [6, 6.07) is 0.644. The summed E-state index contributed by atoms with van der Waals surface area (Å²) in [5.41, 5.74) is 3.58. The number of likely N-dealkylation sites (tertiary alicyclic amines) is 1. The first-order chi connectivity index (χ1) is 11.1. The Bertz CT molecular complexity index is 613. The van der Waals surface area contributed by atoms with Gasteiger partial charge < -0.3 is 10.2 Å². The van der Waals surface area contributed by atoms with Crippen LogP contribution >= 0.6 is 24.0 Å². The van der Waals surface area contributed by atoms with Gasteiger partial charge in [0.2, 0.25) is 0 Å². The minimum atomic E-state index is 0. The van der Waals surface area contributed by atoms with Crippen molar-refractivity contribution in [3.05, 3.63) is 29.1 Å². The molecule has 0 radical (unpaired) electrons. The smallest absolute Gasteiger partial charge is 0.193 e. The first-order valence-corrected chi connectivity index (χ1v) is 8.44. The summed E-state index contributed by atoms with van der Waals surface area (Å²) < 4.78 is 1.95. The van der Waals surface area contributed by atoms with E-state index in [0.29, 0.717) is 6.04 Å². The van der Waals surface area contributed by atoms with E-state index in [9.17, 15) is 0 Å². The number of aromatic nitrogens is 2. The van der Waals surface area contributed by atoms with Crippen LogP contribution in [0.1, 0.15) is 23.4 Å². The van der Waals surface area contributed by atoms with Crippen LogP contribution in [0.2, 0.25) is 0 Å². The molecule has 1 N–H and O–H groups in total. The topological polar surface area (TPSA) is 48.7 Å². The molecule has 0 spiro atoms. The fourth-order valence-electron chi connectivity index (χ4n) is 3.60. The Morgan fingerprint density at radius 3 is 2.62 bits per heavy atom. The molecule has 1 saturated heterocycles. The Hall–Kier alpha value is -1.09. The fourth-order valence-corrected chi connectivity index (χ4v) is 3.60. The Morgan fingerprint density at radius 1 is 1.33 bits per heavy atom. The minimum Gasteiger partial charge on any atom is -0.352 e. The van der Waals surface area contributed by atoms with Crippen LogP contribution in [-0.2, 0) is 13.6 Å². The lowest BCUT2D eigenvalue weighted by Gasteiger charge is -2.25. The number of guanidine groups is 1. The highest BCUT2D eigenvalue weighted by molar-refractivity contribution is 14.0. The van der Waals surface area contributed by atoms with Gasteiger partial charge in [-0.2, -0.15) is 5.10 Å². The van der Waals surface area contributed by atoms with Gasteiger partial charge in [0.25, 0.3) is 0 Å². The zero-order chi connectivity index (χ0) is 16.4. The molecule has 24 heavy (non-hydrogen) atoms. The number of hydrogen-bond acceptors (Lipinski definition) is 3. The van der Waals surface area contributed by atoms with Gasteiger partial charge >= 0.3 is 0 Å². The molecule has 1 unspecified atom stereocenters. The van der Waals surface area contributed by atoms with Crippen molar-refractivity contribution in [1.82, 2.24) is 24.9 Å². The quantitative estimate of drug-likeness (QED) is 0.334. The second-order valence-electron chi connectivity index (χ2n) is 6.49. The summed E-state index contributed by atoms with van der Waals surface area (Å²) >= 11 is 0. The van der Waals surface area contributed by atoms with Crippen molar-refractivity contribution in [3.63, 3.8) is 0 Å². The number of aryl methyl sites for hydroxylation is 2. The lowest BCUT2D eigenvalue weighted by Crippen LogP contribution is -2.42. The molecule has 1 atom stereocenters. The summed E-state index contributed by atoms with van der Waals surface area (Å²) in [7, 11) is 3.87. The molecule has 0 amide bonds. The molecule has 2 aliphatic heterocycles. The molecule has 0 saturated carbocycles. The van der Waals surface area contributed by atoms with Crippen LogP contribution in [0.25, 0.3) is 0 Å². The van der Waals surface area contributed by atoms with E-state index in [4.69, 9.17) is 0 Å². The average molecular weight is 444 g/mol. The van der Waals surface area contributed by atoms with E-state index in [-0.39, 0.29) is 24.0 Å². The maximum absolute atomic E-state index is 4.49. The molecular weight excluding hydrogens is 415 g/mol. The fraction of sp³-hybridized carbons (Fsp3) is 0.647. The number of aliphatic imine (C=N–C) groups is 1. The van der Waals surface area contributed by atoms with Crippen LogP contribution in [-0.4, -0.2) is 64.8 Å². The van der Waals surface area contributed by atoms with E-state index in [1.54, 1.807) is 0 Å². The number of halogens is 1. The van der Waals surface area contributed by atoms with Gasteiger partial charge in [-0.1, -0.05) is 12.2 Å². The number of hydrogen-bond donors (Lipinski definition) is 1. The predicted octanol–water partition coefficient (Wildman–Crippen LogP) is 1.68. The Kier molecular flexibility index (Phi) is 6.68. The summed E-state index contributed by atoms with van der Waals surface area (Å²) in [6.45, 7) is 9.30. The van der Waals surface area contributed by atoms with Crippen LogP contribution in [0, 0.1) is 13.8 Å². The average Bonchev–Trinajstić information content (AvgIpc) is 3.24.